The molecule has 2 aliphatic heterocycles. The molecule has 2 aromatic carbocycles. The molecule has 9 nitrogen and oxygen atoms in total. The molecule has 2 fully saturated rings. The highest BCUT2D eigenvalue weighted by atomic mass is 16.5. The van der Waals surface area contributed by atoms with Crippen LogP contribution in [0.4, 0.5) is 5.69 Å². The first kappa shape index (κ1) is 28.0. The average molecular weight is 549 g/mol. The molecule has 1 aliphatic carbocycles. The number of rotatable bonds is 9. The van der Waals surface area contributed by atoms with Crippen molar-refractivity contribution in [2.45, 2.75) is 70.0 Å². The molecule has 0 unspecified atom stereocenters. The Kier molecular flexibility index (Phi) is 8.89. The predicted octanol–water partition coefficient (Wildman–Crippen LogP) is 4.92. The number of carbonyl (C=O) groups excluding carboxylic acids is 1. The molecule has 2 heterocycles. The van der Waals surface area contributed by atoms with Crippen molar-refractivity contribution in [1.29, 1.82) is 0 Å². The molecule has 3 aliphatic rings. The lowest BCUT2D eigenvalue weighted by Gasteiger charge is -2.41. The van der Waals surface area contributed by atoms with E-state index in [0.29, 0.717) is 57.3 Å². The molecule has 0 aromatic heterocycles. The summed E-state index contributed by atoms with van der Waals surface area (Å²) >= 11 is 0. The number of carbonyl (C=O) groups is 2. The van der Waals surface area contributed by atoms with Crippen LogP contribution in [0, 0.1) is 11.8 Å². The standard InChI is InChI=1S/C31H40N4O5/c1-34(24-9-7-22(8-10-24)30(37)38)29(36)14-13-28(21-15-17-39-18-16-21)35-20-23-19-26(11-12-27(23)33-31(35)32)40-25-5-3-2-4-6-25/h2-6,11-12,19,21-22,24,28H,7-10,13-18,20H2,1H3,(H2,32,33)(H,37,38)/t22?,24?,28-/m0/s1. The summed E-state index contributed by atoms with van der Waals surface area (Å²) in [5.41, 5.74) is 8.43. The first-order chi connectivity index (χ1) is 19.4. The fourth-order valence-corrected chi connectivity index (χ4v) is 6.33. The Labute approximate surface area is 236 Å². The number of nitrogens with zero attached hydrogens (tertiary/aromatic N) is 3. The van der Waals surface area contributed by atoms with Gasteiger partial charge in [0.05, 0.1) is 11.6 Å². The molecule has 3 N–H and O–H groups in total. The van der Waals surface area contributed by atoms with Crippen molar-refractivity contribution >= 4 is 23.5 Å². The zero-order valence-corrected chi connectivity index (χ0v) is 23.2. The highest BCUT2D eigenvalue weighted by Gasteiger charge is 2.34. The van der Waals surface area contributed by atoms with Crippen molar-refractivity contribution in [2.75, 3.05) is 20.3 Å². The Morgan fingerprint density at radius 1 is 1.07 bits per heavy atom. The summed E-state index contributed by atoms with van der Waals surface area (Å²) in [6.07, 6.45) is 5.63. The number of benzene rings is 2. The maximum absolute atomic E-state index is 13.3. The number of nitrogens with two attached hydrogens (primary N) is 1. The van der Waals surface area contributed by atoms with Crippen molar-refractivity contribution in [3.63, 3.8) is 0 Å². The van der Waals surface area contributed by atoms with Crippen molar-refractivity contribution in [3.05, 3.63) is 54.1 Å². The molecule has 40 heavy (non-hydrogen) atoms. The van der Waals surface area contributed by atoms with Crippen LogP contribution >= 0.6 is 0 Å². The molecule has 0 bridgehead atoms. The lowest BCUT2D eigenvalue weighted by Crippen LogP contribution is -2.50. The summed E-state index contributed by atoms with van der Waals surface area (Å²) < 4.78 is 11.7. The van der Waals surface area contributed by atoms with Gasteiger partial charge in [-0.25, -0.2) is 4.99 Å². The van der Waals surface area contributed by atoms with Crippen molar-refractivity contribution in [2.24, 2.45) is 22.6 Å². The van der Waals surface area contributed by atoms with Gasteiger partial charge in [-0.15, -0.1) is 0 Å². The minimum atomic E-state index is -0.729. The fourth-order valence-electron chi connectivity index (χ4n) is 6.33. The summed E-state index contributed by atoms with van der Waals surface area (Å²) in [5, 5.41) is 9.31. The molecule has 0 spiro atoms. The number of amides is 1. The van der Waals surface area contributed by atoms with Gasteiger partial charge in [0, 0.05) is 50.9 Å². The maximum Gasteiger partial charge on any atom is 0.306 e. The molecule has 1 saturated carbocycles. The van der Waals surface area contributed by atoms with Gasteiger partial charge < -0.3 is 30.1 Å². The number of hydrogen-bond acceptors (Lipinski definition) is 7. The molecule has 1 saturated heterocycles. The average Bonchev–Trinajstić information content (AvgIpc) is 2.98. The van der Waals surface area contributed by atoms with E-state index in [4.69, 9.17) is 20.2 Å². The van der Waals surface area contributed by atoms with E-state index < -0.39 is 5.97 Å². The highest BCUT2D eigenvalue weighted by Crippen LogP contribution is 2.35. The number of guanidine groups is 1. The lowest BCUT2D eigenvalue weighted by atomic mass is 9.85. The van der Waals surface area contributed by atoms with Gasteiger partial charge in [-0.2, -0.15) is 0 Å². The second-order valence-electron chi connectivity index (χ2n) is 11.2. The molecule has 2 aromatic rings. The third-order valence-corrected chi connectivity index (χ3v) is 8.75. The van der Waals surface area contributed by atoms with E-state index >= 15 is 0 Å². The molecule has 1 amide bonds. The van der Waals surface area contributed by atoms with Gasteiger partial charge in [0.25, 0.3) is 0 Å². The Morgan fingerprint density at radius 3 is 2.50 bits per heavy atom. The van der Waals surface area contributed by atoms with E-state index in [9.17, 15) is 14.7 Å². The quantitative estimate of drug-likeness (QED) is 0.457. The molecule has 1 atom stereocenters. The predicted molar refractivity (Wildman–Crippen MR) is 153 cm³/mol. The number of aliphatic imine (C=N–C) groups is 1. The molecular weight excluding hydrogens is 508 g/mol. The maximum atomic E-state index is 13.3. The van der Waals surface area contributed by atoms with Crippen molar-refractivity contribution in [3.8, 4) is 11.5 Å². The fraction of sp³-hybridized carbons (Fsp3) is 0.516. The van der Waals surface area contributed by atoms with Gasteiger partial charge in [0.2, 0.25) is 5.91 Å². The van der Waals surface area contributed by atoms with Crippen LogP contribution in [0.3, 0.4) is 0 Å². The molecule has 5 rings (SSSR count). The van der Waals surface area contributed by atoms with Crippen molar-refractivity contribution < 1.29 is 24.2 Å². The van der Waals surface area contributed by atoms with Crippen LogP contribution in [0.1, 0.15) is 56.9 Å². The summed E-state index contributed by atoms with van der Waals surface area (Å²) in [5.74, 6) is 1.43. The molecule has 214 valence electrons. The number of aliphatic carboxylic acids is 1. The van der Waals surface area contributed by atoms with Gasteiger partial charge in [-0.1, -0.05) is 18.2 Å². The third kappa shape index (κ3) is 6.58. The van der Waals surface area contributed by atoms with Gasteiger partial charge in [-0.05, 0) is 81.2 Å². The van der Waals surface area contributed by atoms with Crippen LogP contribution < -0.4 is 10.5 Å². The Hall–Kier alpha value is -3.59. The van der Waals surface area contributed by atoms with E-state index in [1.807, 2.05) is 60.5 Å². The van der Waals surface area contributed by atoms with Crippen molar-refractivity contribution in [1.82, 2.24) is 9.80 Å². The Bertz CT molecular complexity index is 1210. The van der Waals surface area contributed by atoms with E-state index in [-0.39, 0.29) is 23.9 Å². The monoisotopic (exact) mass is 548 g/mol. The van der Waals surface area contributed by atoms with Crippen LogP contribution in [0.2, 0.25) is 0 Å². The first-order valence-corrected chi connectivity index (χ1v) is 14.4. The SMILES string of the molecule is CN(C(=O)CC[C@@H](C1CCOCC1)N1Cc2cc(Oc3ccccc3)ccc2N=C1N)C1CCC(C(=O)O)CC1. The minimum Gasteiger partial charge on any atom is -0.481 e. The normalized spacial score (nSPS) is 22.1. The smallest absolute Gasteiger partial charge is 0.306 e. The lowest BCUT2D eigenvalue weighted by molar-refractivity contribution is -0.143. The second-order valence-corrected chi connectivity index (χ2v) is 11.2. The third-order valence-electron chi connectivity index (χ3n) is 8.75. The number of fused-ring (bicyclic) bond motifs is 1. The van der Waals surface area contributed by atoms with Crippen LogP contribution in [0.15, 0.2) is 53.5 Å². The van der Waals surface area contributed by atoms with E-state index in [1.54, 1.807) is 0 Å². The molecule has 9 heteroatoms. The largest absolute Gasteiger partial charge is 0.481 e. The second kappa shape index (κ2) is 12.7. The number of carboxylic acids is 1. The molecular formula is C31H40N4O5. The minimum absolute atomic E-state index is 0.0552. The topological polar surface area (TPSA) is 118 Å². The summed E-state index contributed by atoms with van der Waals surface area (Å²) in [7, 11) is 1.86. The summed E-state index contributed by atoms with van der Waals surface area (Å²) in [6, 6.07) is 15.7. The van der Waals surface area contributed by atoms with Gasteiger partial charge in [-0.3, -0.25) is 9.59 Å². The van der Waals surface area contributed by atoms with E-state index in [2.05, 4.69) is 4.90 Å². The van der Waals surface area contributed by atoms with Gasteiger partial charge in [0.15, 0.2) is 5.96 Å². The van der Waals surface area contributed by atoms with Gasteiger partial charge in [0.1, 0.15) is 11.5 Å². The number of ether oxygens (including phenoxy) is 2. The number of para-hydroxylation sites is 1. The first-order valence-electron chi connectivity index (χ1n) is 14.4. The highest BCUT2D eigenvalue weighted by molar-refractivity contribution is 5.84. The molecule has 0 radical (unpaired) electrons. The zero-order valence-electron chi connectivity index (χ0n) is 23.2. The Balaban J connectivity index is 1.27. The Morgan fingerprint density at radius 2 is 1.80 bits per heavy atom. The van der Waals surface area contributed by atoms with Crippen LogP contribution in [0.25, 0.3) is 0 Å². The summed E-state index contributed by atoms with van der Waals surface area (Å²) in [6.45, 7) is 2.01. The van der Waals surface area contributed by atoms with Gasteiger partial charge >= 0.3 is 5.97 Å². The van der Waals surface area contributed by atoms with E-state index in [1.165, 1.54) is 0 Å². The summed E-state index contributed by atoms with van der Waals surface area (Å²) in [4.78, 5) is 33.4. The zero-order chi connectivity index (χ0) is 28.1. The number of carboxylic acid groups (broad SMARTS) is 1. The number of hydrogen-bond donors (Lipinski definition) is 2. The van der Waals surface area contributed by atoms with E-state index in [0.717, 1.165) is 48.4 Å². The van der Waals surface area contributed by atoms with Crippen LogP contribution in [0.5, 0.6) is 11.5 Å². The van der Waals surface area contributed by atoms with Crippen LogP contribution in [-0.4, -0.2) is 65.1 Å². The van der Waals surface area contributed by atoms with Crippen LogP contribution in [-0.2, 0) is 20.9 Å².